The fourth-order valence-corrected chi connectivity index (χ4v) is 2.95. The van der Waals surface area contributed by atoms with Gasteiger partial charge in [0.15, 0.2) is 0 Å². The predicted octanol–water partition coefficient (Wildman–Crippen LogP) is 5.40. The molecule has 0 atom stereocenters. The van der Waals surface area contributed by atoms with Crippen molar-refractivity contribution in [3.63, 3.8) is 0 Å². The molecule has 2 heterocycles. The quantitative estimate of drug-likeness (QED) is 0.464. The van der Waals surface area contributed by atoms with Gasteiger partial charge in [0.1, 0.15) is 17.3 Å². The summed E-state index contributed by atoms with van der Waals surface area (Å²) < 4.78 is 21.5. The molecule has 0 bridgehead atoms. The molecule has 2 aromatic carbocycles. The van der Waals surface area contributed by atoms with E-state index in [0.29, 0.717) is 11.5 Å². The van der Waals surface area contributed by atoms with Gasteiger partial charge < -0.3 is 9.09 Å². The summed E-state index contributed by atoms with van der Waals surface area (Å²) in [6.07, 6.45) is 3.68. The van der Waals surface area contributed by atoms with Crippen LogP contribution in [0.15, 0.2) is 70.1 Å². The van der Waals surface area contributed by atoms with Crippen LogP contribution in [0.1, 0.15) is 5.76 Å². The normalized spacial score (nSPS) is 11.0. The first-order chi connectivity index (χ1) is 12.1. The highest BCUT2D eigenvalue weighted by Crippen LogP contribution is 2.33. The van der Waals surface area contributed by atoms with Gasteiger partial charge in [0.05, 0.1) is 17.6 Å². The lowest BCUT2D eigenvalue weighted by Crippen LogP contribution is -1.89. The average Bonchev–Trinajstić information content (AvgIpc) is 3.23. The molecule has 0 spiro atoms. The Balaban J connectivity index is 1.77. The number of hydrogen-bond donors (Lipinski definition) is 0. The standard InChI is InChI=1S/C19H13BrFN3O/c1-12-18(19(23-25-12)13-2-6-15(21)7-3-13)17-10-24(11-22-17)16-8-4-14(20)5-9-16/h2-11H,1H3. The molecule has 0 amide bonds. The van der Waals surface area contributed by atoms with Crippen molar-refractivity contribution in [2.24, 2.45) is 0 Å². The van der Waals surface area contributed by atoms with E-state index in [1.807, 2.05) is 42.0 Å². The van der Waals surface area contributed by atoms with Crippen LogP contribution in [-0.2, 0) is 0 Å². The van der Waals surface area contributed by atoms with Crippen molar-refractivity contribution in [3.8, 4) is 28.2 Å². The van der Waals surface area contributed by atoms with E-state index in [9.17, 15) is 4.39 Å². The molecule has 4 aromatic rings. The maximum atomic E-state index is 13.2. The lowest BCUT2D eigenvalue weighted by atomic mass is 10.0. The second-order valence-electron chi connectivity index (χ2n) is 5.61. The van der Waals surface area contributed by atoms with Gasteiger partial charge in [0, 0.05) is 21.9 Å². The van der Waals surface area contributed by atoms with Crippen LogP contribution in [0.25, 0.3) is 28.2 Å². The Kier molecular flexibility index (Phi) is 3.97. The average molecular weight is 398 g/mol. The number of halogens is 2. The molecule has 124 valence electrons. The van der Waals surface area contributed by atoms with Crippen LogP contribution in [0.2, 0.25) is 0 Å². The van der Waals surface area contributed by atoms with Gasteiger partial charge in [-0.05, 0) is 55.5 Å². The lowest BCUT2D eigenvalue weighted by Gasteiger charge is -2.02. The third-order valence-corrected chi connectivity index (χ3v) is 4.47. The monoisotopic (exact) mass is 397 g/mol. The van der Waals surface area contributed by atoms with E-state index in [1.165, 1.54) is 12.1 Å². The fraction of sp³-hybridized carbons (Fsp3) is 0.0526. The second kappa shape index (κ2) is 6.29. The fourth-order valence-electron chi connectivity index (χ4n) is 2.68. The van der Waals surface area contributed by atoms with Gasteiger partial charge in [-0.1, -0.05) is 21.1 Å². The van der Waals surface area contributed by atoms with E-state index in [2.05, 4.69) is 26.1 Å². The molecule has 0 saturated carbocycles. The van der Waals surface area contributed by atoms with Crippen LogP contribution < -0.4 is 0 Å². The van der Waals surface area contributed by atoms with E-state index < -0.39 is 0 Å². The Morgan fingerprint density at radius 1 is 1.04 bits per heavy atom. The van der Waals surface area contributed by atoms with Crippen molar-refractivity contribution >= 4 is 15.9 Å². The summed E-state index contributed by atoms with van der Waals surface area (Å²) in [5.74, 6) is 0.380. The van der Waals surface area contributed by atoms with Crippen molar-refractivity contribution in [1.29, 1.82) is 0 Å². The smallest absolute Gasteiger partial charge is 0.143 e. The number of aryl methyl sites for hydroxylation is 1. The molecule has 25 heavy (non-hydrogen) atoms. The first-order valence-corrected chi connectivity index (χ1v) is 8.43. The first-order valence-electron chi connectivity index (χ1n) is 7.64. The van der Waals surface area contributed by atoms with Crippen molar-refractivity contribution in [3.05, 3.63) is 77.1 Å². The molecule has 0 saturated heterocycles. The molecule has 0 aliphatic heterocycles. The molecular weight excluding hydrogens is 385 g/mol. The molecular formula is C19H13BrFN3O. The zero-order valence-corrected chi connectivity index (χ0v) is 14.9. The highest BCUT2D eigenvalue weighted by Gasteiger charge is 2.19. The van der Waals surface area contributed by atoms with Gasteiger partial charge in [-0.3, -0.25) is 0 Å². The van der Waals surface area contributed by atoms with Crippen LogP contribution in [-0.4, -0.2) is 14.7 Å². The summed E-state index contributed by atoms with van der Waals surface area (Å²) in [5.41, 5.74) is 3.99. The molecule has 0 aliphatic rings. The number of rotatable bonds is 3. The van der Waals surface area contributed by atoms with Crippen LogP contribution in [0.3, 0.4) is 0 Å². The van der Waals surface area contributed by atoms with Crippen LogP contribution >= 0.6 is 15.9 Å². The summed E-state index contributed by atoms with van der Waals surface area (Å²) in [7, 11) is 0. The maximum Gasteiger partial charge on any atom is 0.143 e. The van der Waals surface area contributed by atoms with Crippen molar-refractivity contribution < 1.29 is 8.91 Å². The highest BCUT2D eigenvalue weighted by atomic mass is 79.9. The van der Waals surface area contributed by atoms with Crippen LogP contribution in [0, 0.1) is 12.7 Å². The summed E-state index contributed by atoms with van der Waals surface area (Å²) in [5, 5.41) is 4.13. The highest BCUT2D eigenvalue weighted by molar-refractivity contribution is 9.10. The van der Waals surface area contributed by atoms with Gasteiger partial charge in [-0.15, -0.1) is 0 Å². The molecule has 0 aliphatic carbocycles. The Morgan fingerprint density at radius 3 is 2.48 bits per heavy atom. The Hall–Kier alpha value is -2.73. The third-order valence-electron chi connectivity index (χ3n) is 3.94. The topological polar surface area (TPSA) is 43.9 Å². The molecule has 4 rings (SSSR count). The summed E-state index contributed by atoms with van der Waals surface area (Å²) >= 11 is 3.43. The molecule has 4 nitrogen and oxygen atoms in total. The third kappa shape index (κ3) is 3.00. The van der Waals surface area contributed by atoms with E-state index in [-0.39, 0.29) is 5.82 Å². The number of aromatic nitrogens is 3. The predicted molar refractivity (Wildman–Crippen MR) is 96.9 cm³/mol. The van der Waals surface area contributed by atoms with Crippen LogP contribution in [0.4, 0.5) is 4.39 Å². The Bertz CT molecular complexity index is 1020. The van der Waals surface area contributed by atoms with Crippen LogP contribution in [0.5, 0.6) is 0 Å². The molecule has 0 fully saturated rings. The number of benzene rings is 2. The minimum absolute atomic E-state index is 0.287. The van der Waals surface area contributed by atoms with E-state index in [0.717, 1.165) is 27.0 Å². The van der Waals surface area contributed by atoms with Gasteiger partial charge in [0.25, 0.3) is 0 Å². The molecule has 2 aromatic heterocycles. The summed E-state index contributed by atoms with van der Waals surface area (Å²) in [6.45, 7) is 1.84. The van der Waals surface area contributed by atoms with Crippen molar-refractivity contribution in [1.82, 2.24) is 14.7 Å². The molecule has 0 N–H and O–H groups in total. The zero-order chi connectivity index (χ0) is 17.4. The van der Waals surface area contributed by atoms with E-state index >= 15 is 0 Å². The summed E-state index contributed by atoms with van der Waals surface area (Å²) in [6, 6.07) is 14.1. The number of hydrogen-bond acceptors (Lipinski definition) is 3. The molecule has 6 heteroatoms. The summed E-state index contributed by atoms with van der Waals surface area (Å²) in [4.78, 5) is 4.50. The van der Waals surface area contributed by atoms with Gasteiger partial charge in [-0.2, -0.15) is 0 Å². The number of nitrogens with zero attached hydrogens (tertiary/aromatic N) is 3. The minimum atomic E-state index is -0.287. The zero-order valence-electron chi connectivity index (χ0n) is 13.3. The second-order valence-corrected chi connectivity index (χ2v) is 6.53. The van der Waals surface area contributed by atoms with Gasteiger partial charge in [0.2, 0.25) is 0 Å². The number of imidazole rings is 1. The van der Waals surface area contributed by atoms with E-state index in [1.54, 1.807) is 18.5 Å². The maximum absolute atomic E-state index is 13.2. The molecule has 0 radical (unpaired) electrons. The first kappa shape index (κ1) is 15.8. The van der Waals surface area contributed by atoms with Crippen molar-refractivity contribution in [2.45, 2.75) is 6.92 Å². The lowest BCUT2D eigenvalue weighted by molar-refractivity contribution is 0.400. The Morgan fingerprint density at radius 2 is 1.76 bits per heavy atom. The van der Waals surface area contributed by atoms with Gasteiger partial charge >= 0.3 is 0 Å². The van der Waals surface area contributed by atoms with Gasteiger partial charge in [-0.25, -0.2) is 9.37 Å². The Labute approximate surface area is 152 Å². The van der Waals surface area contributed by atoms with Crippen molar-refractivity contribution in [2.75, 3.05) is 0 Å². The SMILES string of the molecule is Cc1onc(-c2ccc(F)cc2)c1-c1cn(-c2ccc(Br)cc2)cn1. The minimum Gasteiger partial charge on any atom is -0.360 e. The largest absolute Gasteiger partial charge is 0.360 e. The van der Waals surface area contributed by atoms with E-state index in [4.69, 9.17) is 4.52 Å². The molecule has 0 unspecified atom stereocenters.